The van der Waals surface area contributed by atoms with Crippen LogP contribution in [0.1, 0.15) is 63.6 Å². The minimum Gasteiger partial charge on any atom is -0.461 e. The molecule has 0 aliphatic rings. The normalized spacial score (nSPS) is 11.0. The standard InChI is InChI=1S/C15H25N3O2/c1-7-18(11(5)6)15-16-12(10(3)4)9-13(17-15)14(19)20-8-2/h9-11H,7-8H2,1-6H3. The topological polar surface area (TPSA) is 55.3 Å². The Morgan fingerprint density at radius 3 is 2.35 bits per heavy atom. The molecular weight excluding hydrogens is 254 g/mol. The van der Waals surface area contributed by atoms with Crippen LogP contribution in [0.2, 0.25) is 0 Å². The van der Waals surface area contributed by atoms with Crippen LogP contribution < -0.4 is 4.90 Å². The van der Waals surface area contributed by atoms with Crippen molar-refractivity contribution in [2.45, 2.75) is 53.5 Å². The number of aromatic nitrogens is 2. The molecule has 0 N–H and O–H groups in total. The maximum Gasteiger partial charge on any atom is 0.357 e. The van der Waals surface area contributed by atoms with Crippen molar-refractivity contribution in [3.8, 4) is 0 Å². The van der Waals surface area contributed by atoms with Gasteiger partial charge in [-0.25, -0.2) is 14.8 Å². The van der Waals surface area contributed by atoms with Crippen LogP contribution in [0.5, 0.6) is 0 Å². The maximum absolute atomic E-state index is 11.9. The van der Waals surface area contributed by atoms with Crippen molar-refractivity contribution in [1.29, 1.82) is 0 Å². The van der Waals surface area contributed by atoms with Gasteiger partial charge in [-0.3, -0.25) is 0 Å². The molecule has 1 aromatic rings. The fourth-order valence-electron chi connectivity index (χ4n) is 1.92. The number of esters is 1. The fourth-order valence-corrected chi connectivity index (χ4v) is 1.92. The Bertz CT molecular complexity index is 458. The summed E-state index contributed by atoms with van der Waals surface area (Å²) in [5.74, 6) is 0.436. The van der Waals surface area contributed by atoms with Gasteiger partial charge in [-0.05, 0) is 39.7 Å². The fraction of sp³-hybridized carbons (Fsp3) is 0.667. The van der Waals surface area contributed by atoms with Gasteiger partial charge in [0, 0.05) is 18.3 Å². The van der Waals surface area contributed by atoms with Gasteiger partial charge in [-0.2, -0.15) is 0 Å². The lowest BCUT2D eigenvalue weighted by molar-refractivity contribution is 0.0519. The molecule has 0 aliphatic heterocycles. The Kier molecular flexibility index (Phi) is 5.92. The Morgan fingerprint density at radius 2 is 1.90 bits per heavy atom. The second kappa shape index (κ2) is 7.22. The van der Waals surface area contributed by atoms with Crippen molar-refractivity contribution in [2.24, 2.45) is 0 Å². The van der Waals surface area contributed by atoms with Crippen LogP contribution in [0.15, 0.2) is 6.07 Å². The quantitative estimate of drug-likeness (QED) is 0.749. The highest BCUT2D eigenvalue weighted by Gasteiger charge is 2.18. The number of hydrogen-bond acceptors (Lipinski definition) is 5. The van der Waals surface area contributed by atoms with E-state index in [1.807, 2.05) is 13.8 Å². The van der Waals surface area contributed by atoms with Crippen molar-refractivity contribution in [3.63, 3.8) is 0 Å². The summed E-state index contributed by atoms with van der Waals surface area (Å²) in [4.78, 5) is 22.9. The van der Waals surface area contributed by atoms with Gasteiger partial charge in [0.15, 0.2) is 5.69 Å². The number of hydrogen-bond donors (Lipinski definition) is 0. The van der Waals surface area contributed by atoms with E-state index in [2.05, 4.69) is 35.6 Å². The summed E-state index contributed by atoms with van der Waals surface area (Å²) in [6.45, 7) is 13.2. The predicted octanol–water partition coefficient (Wildman–Crippen LogP) is 3.01. The first-order valence-electron chi connectivity index (χ1n) is 7.23. The lowest BCUT2D eigenvalue weighted by Gasteiger charge is -2.26. The van der Waals surface area contributed by atoms with E-state index in [0.29, 0.717) is 18.2 Å². The molecule has 0 fully saturated rings. The molecule has 112 valence electrons. The Hall–Kier alpha value is -1.65. The molecule has 0 spiro atoms. The molecule has 0 amide bonds. The second-order valence-electron chi connectivity index (χ2n) is 5.23. The minimum absolute atomic E-state index is 0.232. The number of carbonyl (C=O) groups excluding carboxylic acids is 1. The molecule has 0 aliphatic carbocycles. The third-order valence-corrected chi connectivity index (χ3v) is 3.03. The first-order valence-corrected chi connectivity index (χ1v) is 7.23. The molecular formula is C15H25N3O2. The van der Waals surface area contributed by atoms with Crippen molar-refractivity contribution in [1.82, 2.24) is 9.97 Å². The van der Waals surface area contributed by atoms with Crippen molar-refractivity contribution in [3.05, 3.63) is 17.5 Å². The number of anilines is 1. The molecule has 0 unspecified atom stereocenters. The van der Waals surface area contributed by atoms with E-state index in [0.717, 1.165) is 12.2 Å². The molecule has 5 heteroatoms. The molecule has 5 nitrogen and oxygen atoms in total. The van der Waals surface area contributed by atoms with E-state index in [-0.39, 0.29) is 12.0 Å². The summed E-state index contributed by atoms with van der Waals surface area (Å²) < 4.78 is 5.04. The van der Waals surface area contributed by atoms with E-state index >= 15 is 0 Å². The second-order valence-corrected chi connectivity index (χ2v) is 5.23. The van der Waals surface area contributed by atoms with Gasteiger partial charge >= 0.3 is 5.97 Å². The number of carbonyl (C=O) groups is 1. The van der Waals surface area contributed by atoms with Gasteiger partial charge < -0.3 is 9.64 Å². The lowest BCUT2D eigenvalue weighted by atomic mass is 10.1. The largest absolute Gasteiger partial charge is 0.461 e. The number of rotatable bonds is 6. The Labute approximate surface area is 121 Å². The predicted molar refractivity (Wildman–Crippen MR) is 80.2 cm³/mol. The molecule has 1 aromatic heterocycles. The zero-order valence-corrected chi connectivity index (χ0v) is 13.3. The average Bonchev–Trinajstić information content (AvgIpc) is 2.39. The molecule has 0 atom stereocenters. The molecule has 0 saturated heterocycles. The first kappa shape index (κ1) is 16.4. The van der Waals surface area contributed by atoms with Crippen LogP contribution in [0.25, 0.3) is 0 Å². The maximum atomic E-state index is 11.9. The van der Waals surface area contributed by atoms with Crippen LogP contribution in [0.4, 0.5) is 5.95 Å². The monoisotopic (exact) mass is 279 g/mol. The highest BCUT2D eigenvalue weighted by atomic mass is 16.5. The number of ether oxygens (including phenoxy) is 1. The highest BCUT2D eigenvalue weighted by molar-refractivity contribution is 5.87. The van der Waals surface area contributed by atoms with Crippen LogP contribution in [-0.4, -0.2) is 35.1 Å². The highest BCUT2D eigenvalue weighted by Crippen LogP contribution is 2.19. The van der Waals surface area contributed by atoms with Crippen molar-refractivity contribution < 1.29 is 9.53 Å². The zero-order valence-electron chi connectivity index (χ0n) is 13.3. The van der Waals surface area contributed by atoms with Gasteiger partial charge in [-0.1, -0.05) is 13.8 Å². The van der Waals surface area contributed by atoms with Gasteiger partial charge in [0.05, 0.1) is 6.61 Å². The third kappa shape index (κ3) is 3.92. The van der Waals surface area contributed by atoms with Gasteiger partial charge in [0.2, 0.25) is 5.95 Å². The van der Waals surface area contributed by atoms with Crippen LogP contribution in [0.3, 0.4) is 0 Å². The van der Waals surface area contributed by atoms with Crippen LogP contribution in [0, 0.1) is 0 Å². The van der Waals surface area contributed by atoms with Gasteiger partial charge in [0.1, 0.15) is 0 Å². The van der Waals surface area contributed by atoms with Gasteiger partial charge in [0.25, 0.3) is 0 Å². The summed E-state index contributed by atoms with van der Waals surface area (Å²) in [5.41, 5.74) is 1.19. The molecule has 0 radical (unpaired) electrons. The summed E-state index contributed by atoms with van der Waals surface area (Å²) in [5, 5.41) is 0. The first-order chi connectivity index (χ1) is 9.40. The van der Waals surface area contributed by atoms with Crippen LogP contribution in [-0.2, 0) is 4.74 Å². The SMILES string of the molecule is CCOC(=O)c1cc(C(C)C)nc(N(CC)C(C)C)n1. The Morgan fingerprint density at radius 1 is 1.25 bits per heavy atom. The molecule has 20 heavy (non-hydrogen) atoms. The van der Waals surface area contributed by atoms with Crippen molar-refractivity contribution in [2.75, 3.05) is 18.1 Å². The molecule has 1 heterocycles. The summed E-state index contributed by atoms with van der Waals surface area (Å²) in [6, 6.07) is 2.00. The molecule has 1 rings (SSSR count). The lowest BCUT2D eigenvalue weighted by Crippen LogP contribution is -2.32. The van der Waals surface area contributed by atoms with E-state index < -0.39 is 5.97 Å². The Balaban J connectivity index is 3.26. The molecule has 0 bridgehead atoms. The molecule has 0 aromatic carbocycles. The third-order valence-electron chi connectivity index (χ3n) is 3.03. The smallest absolute Gasteiger partial charge is 0.357 e. The summed E-state index contributed by atoms with van der Waals surface area (Å²) >= 11 is 0. The van der Waals surface area contributed by atoms with E-state index in [1.165, 1.54) is 0 Å². The van der Waals surface area contributed by atoms with E-state index in [4.69, 9.17) is 4.74 Å². The summed E-state index contributed by atoms with van der Waals surface area (Å²) in [7, 11) is 0. The summed E-state index contributed by atoms with van der Waals surface area (Å²) in [6.07, 6.45) is 0. The average molecular weight is 279 g/mol. The number of nitrogens with zero attached hydrogens (tertiary/aromatic N) is 3. The van der Waals surface area contributed by atoms with Gasteiger partial charge in [-0.15, -0.1) is 0 Å². The molecule has 0 saturated carbocycles. The van der Waals surface area contributed by atoms with Crippen molar-refractivity contribution >= 4 is 11.9 Å². The van der Waals surface area contributed by atoms with E-state index in [1.54, 1.807) is 13.0 Å². The zero-order chi connectivity index (χ0) is 15.3. The van der Waals surface area contributed by atoms with Crippen LogP contribution >= 0.6 is 0 Å². The van der Waals surface area contributed by atoms with E-state index in [9.17, 15) is 4.79 Å². The minimum atomic E-state index is -0.391.